The van der Waals surface area contributed by atoms with Crippen LogP contribution in [0.25, 0.3) is 0 Å². The highest BCUT2D eigenvalue weighted by atomic mass is 35.5. The fraction of sp³-hybridized carbons (Fsp3) is 0.400. The summed E-state index contributed by atoms with van der Waals surface area (Å²) in [5.41, 5.74) is 8.70. The quantitative estimate of drug-likeness (QED) is 0.918. The van der Waals surface area contributed by atoms with Gasteiger partial charge in [-0.25, -0.2) is 0 Å². The molecule has 0 spiro atoms. The molecule has 0 aliphatic rings. The number of ether oxygens (including phenoxy) is 1. The van der Waals surface area contributed by atoms with E-state index in [4.69, 9.17) is 26.6 Å². The summed E-state index contributed by atoms with van der Waals surface area (Å²) in [5, 5.41) is 4.60. The first-order chi connectivity index (χ1) is 9.47. The lowest BCUT2D eigenvalue weighted by molar-refractivity contribution is 0.298. The Kier molecular flexibility index (Phi) is 4.68. The molecule has 1 unspecified atom stereocenters. The van der Waals surface area contributed by atoms with Crippen LogP contribution in [0.5, 0.6) is 5.75 Å². The van der Waals surface area contributed by atoms with Gasteiger partial charge in [-0.2, -0.15) is 0 Å². The van der Waals surface area contributed by atoms with Crippen LogP contribution in [0.1, 0.15) is 29.5 Å². The summed E-state index contributed by atoms with van der Waals surface area (Å²) in [6, 6.07) is 5.63. The highest BCUT2D eigenvalue weighted by Gasteiger charge is 2.12. The molecule has 0 aliphatic carbocycles. The molecule has 5 heteroatoms. The van der Waals surface area contributed by atoms with Crippen LogP contribution in [0.4, 0.5) is 0 Å². The van der Waals surface area contributed by atoms with Gasteiger partial charge < -0.3 is 15.0 Å². The number of aryl methyl sites for hydroxylation is 2. The summed E-state index contributed by atoms with van der Waals surface area (Å²) in [7, 11) is 0. The highest BCUT2D eigenvalue weighted by molar-refractivity contribution is 6.30. The Morgan fingerprint density at radius 1 is 1.40 bits per heavy atom. The Balaban J connectivity index is 2.17. The van der Waals surface area contributed by atoms with E-state index < -0.39 is 0 Å². The Morgan fingerprint density at radius 2 is 2.15 bits per heavy atom. The zero-order valence-electron chi connectivity index (χ0n) is 11.9. The minimum Gasteiger partial charge on any atom is -0.488 e. The largest absolute Gasteiger partial charge is 0.488 e. The van der Waals surface area contributed by atoms with Gasteiger partial charge in [0.05, 0.1) is 11.3 Å². The van der Waals surface area contributed by atoms with Crippen molar-refractivity contribution in [3.63, 3.8) is 0 Å². The second-order valence-electron chi connectivity index (χ2n) is 5.02. The summed E-state index contributed by atoms with van der Waals surface area (Å²) in [6.45, 7) is 6.16. The van der Waals surface area contributed by atoms with Gasteiger partial charge in [0.1, 0.15) is 18.1 Å². The van der Waals surface area contributed by atoms with E-state index in [1.807, 2.05) is 39.0 Å². The van der Waals surface area contributed by atoms with E-state index in [2.05, 4.69) is 5.16 Å². The average molecular weight is 295 g/mol. The molecule has 108 valence electrons. The van der Waals surface area contributed by atoms with Crippen molar-refractivity contribution < 1.29 is 9.26 Å². The number of hydrogen-bond donors (Lipinski definition) is 1. The Morgan fingerprint density at radius 3 is 2.75 bits per heavy atom. The number of rotatable bonds is 5. The third kappa shape index (κ3) is 3.52. The van der Waals surface area contributed by atoms with E-state index >= 15 is 0 Å². The van der Waals surface area contributed by atoms with E-state index in [0.29, 0.717) is 11.6 Å². The van der Waals surface area contributed by atoms with Crippen molar-refractivity contribution in [1.29, 1.82) is 0 Å². The maximum absolute atomic E-state index is 6.03. The lowest BCUT2D eigenvalue weighted by atomic mass is 10.1. The summed E-state index contributed by atoms with van der Waals surface area (Å²) in [5.74, 6) is 1.58. The molecule has 0 aliphatic heterocycles. The van der Waals surface area contributed by atoms with Gasteiger partial charge in [0.15, 0.2) is 0 Å². The molecule has 20 heavy (non-hydrogen) atoms. The van der Waals surface area contributed by atoms with Gasteiger partial charge in [-0.05, 0) is 51.0 Å². The van der Waals surface area contributed by atoms with E-state index in [9.17, 15) is 0 Å². The molecule has 0 bridgehead atoms. The zero-order valence-corrected chi connectivity index (χ0v) is 12.7. The van der Waals surface area contributed by atoms with Crippen LogP contribution in [0.15, 0.2) is 22.7 Å². The SMILES string of the molecule is Cc1noc(C)c1COc1ccc(Cl)cc1CC(C)N. The molecule has 0 saturated heterocycles. The molecule has 1 aromatic carbocycles. The first kappa shape index (κ1) is 14.9. The fourth-order valence-electron chi connectivity index (χ4n) is 2.05. The second-order valence-corrected chi connectivity index (χ2v) is 5.46. The van der Waals surface area contributed by atoms with Crippen LogP contribution < -0.4 is 10.5 Å². The van der Waals surface area contributed by atoms with E-state index in [1.165, 1.54) is 0 Å². The fourth-order valence-corrected chi connectivity index (χ4v) is 2.25. The molecule has 0 amide bonds. The molecule has 0 saturated carbocycles. The van der Waals surface area contributed by atoms with E-state index in [1.54, 1.807) is 0 Å². The van der Waals surface area contributed by atoms with Crippen molar-refractivity contribution in [1.82, 2.24) is 5.16 Å². The predicted molar refractivity (Wildman–Crippen MR) is 79.1 cm³/mol. The first-order valence-electron chi connectivity index (χ1n) is 6.56. The van der Waals surface area contributed by atoms with Gasteiger partial charge in [0, 0.05) is 11.1 Å². The number of aromatic nitrogens is 1. The maximum atomic E-state index is 6.03. The summed E-state index contributed by atoms with van der Waals surface area (Å²) in [4.78, 5) is 0. The summed E-state index contributed by atoms with van der Waals surface area (Å²) >= 11 is 6.03. The van der Waals surface area contributed by atoms with Crippen molar-refractivity contribution in [3.8, 4) is 5.75 Å². The number of hydrogen-bond acceptors (Lipinski definition) is 4. The number of halogens is 1. The number of benzene rings is 1. The average Bonchev–Trinajstić information content (AvgIpc) is 2.68. The molecule has 0 fully saturated rings. The van der Waals surface area contributed by atoms with Crippen LogP contribution in [0.3, 0.4) is 0 Å². The number of nitrogens with two attached hydrogens (primary N) is 1. The Labute approximate surface area is 123 Å². The van der Waals surface area contributed by atoms with E-state index in [-0.39, 0.29) is 6.04 Å². The smallest absolute Gasteiger partial charge is 0.140 e. The lowest BCUT2D eigenvalue weighted by Gasteiger charge is -2.13. The van der Waals surface area contributed by atoms with Crippen molar-refractivity contribution in [2.24, 2.45) is 5.73 Å². The lowest BCUT2D eigenvalue weighted by Crippen LogP contribution is -2.18. The molecule has 1 atom stereocenters. The second kappa shape index (κ2) is 6.29. The number of nitrogens with zero attached hydrogens (tertiary/aromatic N) is 1. The Hall–Kier alpha value is -1.52. The van der Waals surface area contributed by atoms with Crippen LogP contribution in [0, 0.1) is 13.8 Å². The van der Waals surface area contributed by atoms with Crippen molar-refractivity contribution in [2.45, 2.75) is 39.8 Å². The molecule has 1 aromatic heterocycles. The molecule has 4 nitrogen and oxygen atoms in total. The topological polar surface area (TPSA) is 61.3 Å². The van der Waals surface area contributed by atoms with Crippen LogP contribution >= 0.6 is 11.6 Å². The van der Waals surface area contributed by atoms with Gasteiger partial charge in [0.25, 0.3) is 0 Å². The standard InChI is InChI=1S/C15H19ClN2O2/c1-9(17)6-12-7-13(16)4-5-15(12)19-8-14-10(2)18-20-11(14)3/h4-5,7,9H,6,8,17H2,1-3H3. The molecule has 0 radical (unpaired) electrons. The minimum atomic E-state index is 0.0508. The van der Waals surface area contributed by atoms with Crippen LogP contribution in [-0.2, 0) is 13.0 Å². The monoisotopic (exact) mass is 294 g/mol. The summed E-state index contributed by atoms with van der Waals surface area (Å²) < 4.78 is 11.0. The van der Waals surface area contributed by atoms with Crippen molar-refractivity contribution >= 4 is 11.6 Å². The molecule has 2 rings (SSSR count). The van der Waals surface area contributed by atoms with Gasteiger partial charge >= 0.3 is 0 Å². The maximum Gasteiger partial charge on any atom is 0.140 e. The van der Waals surface area contributed by atoms with Crippen molar-refractivity contribution in [3.05, 3.63) is 45.8 Å². The van der Waals surface area contributed by atoms with Gasteiger partial charge in [-0.1, -0.05) is 16.8 Å². The summed E-state index contributed by atoms with van der Waals surface area (Å²) in [6.07, 6.45) is 0.720. The normalized spacial score (nSPS) is 12.4. The third-order valence-electron chi connectivity index (χ3n) is 3.12. The third-order valence-corrected chi connectivity index (χ3v) is 3.35. The molecular formula is C15H19ClN2O2. The van der Waals surface area contributed by atoms with Gasteiger partial charge in [-0.15, -0.1) is 0 Å². The molecular weight excluding hydrogens is 276 g/mol. The molecule has 1 heterocycles. The van der Waals surface area contributed by atoms with Gasteiger partial charge in [0.2, 0.25) is 0 Å². The highest BCUT2D eigenvalue weighted by Crippen LogP contribution is 2.25. The Bertz CT molecular complexity index is 574. The van der Waals surface area contributed by atoms with Crippen LogP contribution in [-0.4, -0.2) is 11.2 Å². The molecule has 2 aromatic rings. The van der Waals surface area contributed by atoms with Gasteiger partial charge in [-0.3, -0.25) is 0 Å². The zero-order chi connectivity index (χ0) is 14.7. The van der Waals surface area contributed by atoms with Crippen LogP contribution in [0.2, 0.25) is 5.02 Å². The minimum absolute atomic E-state index is 0.0508. The molecule has 2 N–H and O–H groups in total. The van der Waals surface area contributed by atoms with E-state index in [0.717, 1.165) is 34.8 Å². The van der Waals surface area contributed by atoms with Crippen molar-refractivity contribution in [2.75, 3.05) is 0 Å². The predicted octanol–water partition coefficient (Wildman–Crippen LogP) is 3.41. The first-order valence-corrected chi connectivity index (χ1v) is 6.93.